The molecule has 1 N–H and O–H groups in total. The fourth-order valence-electron chi connectivity index (χ4n) is 1.32. The second kappa shape index (κ2) is 4.19. The maximum absolute atomic E-state index is 11.2. The van der Waals surface area contributed by atoms with Crippen LogP contribution in [0.3, 0.4) is 0 Å². The van der Waals surface area contributed by atoms with Crippen LogP contribution in [0.1, 0.15) is 13.3 Å². The van der Waals surface area contributed by atoms with Gasteiger partial charge in [-0.15, -0.1) is 0 Å². The number of amides is 2. The fourth-order valence-corrected chi connectivity index (χ4v) is 1.32. The van der Waals surface area contributed by atoms with Crippen LogP contribution in [0, 0.1) is 0 Å². The fraction of sp³-hybridized carbons (Fsp3) is 0.625. The van der Waals surface area contributed by atoms with Gasteiger partial charge in [0.25, 0.3) is 11.8 Å². The highest BCUT2D eigenvalue weighted by molar-refractivity contribution is 6.01. The molecule has 0 spiro atoms. The summed E-state index contributed by atoms with van der Waals surface area (Å²) >= 11 is 0. The number of aliphatic carboxylic acids is 1. The number of carbonyl (C=O) groups excluding carboxylic acids is 2. The molecule has 0 aliphatic carbocycles. The van der Waals surface area contributed by atoms with Crippen molar-refractivity contribution in [3.8, 4) is 0 Å². The number of imide groups is 1. The van der Waals surface area contributed by atoms with Crippen molar-refractivity contribution in [2.24, 2.45) is 0 Å². The van der Waals surface area contributed by atoms with E-state index in [1.54, 1.807) is 6.92 Å². The number of hydrogen-bond donors (Lipinski definition) is 1. The van der Waals surface area contributed by atoms with E-state index in [9.17, 15) is 14.4 Å². The van der Waals surface area contributed by atoms with Gasteiger partial charge in [0.15, 0.2) is 0 Å². The van der Waals surface area contributed by atoms with Crippen LogP contribution < -0.4 is 0 Å². The Labute approximate surface area is 80.4 Å². The zero-order valence-corrected chi connectivity index (χ0v) is 7.73. The number of hydrogen-bond acceptors (Lipinski definition) is 4. The lowest BCUT2D eigenvalue weighted by Crippen LogP contribution is -2.54. The summed E-state index contributed by atoms with van der Waals surface area (Å²) in [5.41, 5.74) is 0. The monoisotopic (exact) mass is 201 g/mol. The molecule has 1 aliphatic rings. The molecule has 1 aliphatic heterocycles. The van der Waals surface area contributed by atoms with Crippen molar-refractivity contribution in [2.45, 2.75) is 19.4 Å². The van der Waals surface area contributed by atoms with E-state index in [0.29, 0.717) is 0 Å². The normalized spacial score (nSPS) is 19.6. The van der Waals surface area contributed by atoms with Gasteiger partial charge in [-0.3, -0.25) is 14.5 Å². The van der Waals surface area contributed by atoms with Crippen molar-refractivity contribution in [3.05, 3.63) is 0 Å². The molecular weight excluding hydrogens is 190 g/mol. The van der Waals surface area contributed by atoms with Crippen LogP contribution in [0.25, 0.3) is 0 Å². The van der Waals surface area contributed by atoms with Crippen LogP contribution in [0.4, 0.5) is 0 Å². The largest absolute Gasteiger partial charge is 0.480 e. The number of nitrogens with zero attached hydrogens (tertiary/aromatic N) is 1. The Morgan fingerprint density at radius 2 is 2.00 bits per heavy atom. The molecule has 14 heavy (non-hydrogen) atoms. The topological polar surface area (TPSA) is 83.9 Å². The summed E-state index contributed by atoms with van der Waals surface area (Å²) in [5, 5.41) is 8.77. The van der Waals surface area contributed by atoms with Gasteiger partial charge in [0.1, 0.15) is 19.3 Å². The Morgan fingerprint density at radius 1 is 1.50 bits per heavy atom. The van der Waals surface area contributed by atoms with Gasteiger partial charge in [-0.2, -0.15) is 0 Å². The summed E-state index contributed by atoms with van der Waals surface area (Å²) < 4.78 is 4.66. The number of carboxylic acids is 1. The lowest BCUT2D eigenvalue weighted by Gasteiger charge is -2.29. The SMILES string of the molecule is CCC(C(=O)O)N1C(=O)COCC1=O. The third-order valence-corrected chi connectivity index (χ3v) is 1.97. The van der Waals surface area contributed by atoms with E-state index >= 15 is 0 Å². The Morgan fingerprint density at radius 3 is 2.36 bits per heavy atom. The number of carboxylic acid groups (broad SMARTS) is 1. The molecule has 0 aromatic heterocycles. The number of carbonyl (C=O) groups is 3. The molecule has 78 valence electrons. The van der Waals surface area contributed by atoms with Crippen molar-refractivity contribution in [1.82, 2.24) is 4.90 Å². The molecule has 1 atom stereocenters. The van der Waals surface area contributed by atoms with Crippen molar-refractivity contribution >= 4 is 17.8 Å². The minimum Gasteiger partial charge on any atom is -0.480 e. The smallest absolute Gasteiger partial charge is 0.326 e. The molecule has 1 fully saturated rings. The average Bonchev–Trinajstić information content (AvgIpc) is 2.10. The maximum atomic E-state index is 11.2. The van der Waals surface area contributed by atoms with Crippen LogP contribution in [0.5, 0.6) is 0 Å². The van der Waals surface area contributed by atoms with E-state index in [0.717, 1.165) is 4.90 Å². The summed E-state index contributed by atoms with van der Waals surface area (Å²) in [7, 11) is 0. The zero-order chi connectivity index (χ0) is 10.7. The molecule has 0 aromatic rings. The summed E-state index contributed by atoms with van der Waals surface area (Å²) in [5.74, 6) is -2.35. The van der Waals surface area contributed by atoms with Crippen LogP contribution in [-0.2, 0) is 19.1 Å². The quantitative estimate of drug-likeness (QED) is 0.606. The predicted octanol–water partition coefficient (Wildman–Crippen LogP) is -0.765. The molecule has 1 heterocycles. The molecule has 0 bridgehead atoms. The van der Waals surface area contributed by atoms with E-state index in [1.165, 1.54) is 0 Å². The highest BCUT2D eigenvalue weighted by Gasteiger charge is 2.35. The van der Waals surface area contributed by atoms with Crippen LogP contribution in [-0.4, -0.2) is 47.0 Å². The zero-order valence-electron chi connectivity index (χ0n) is 7.73. The molecule has 1 saturated heterocycles. The van der Waals surface area contributed by atoms with Gasteiger partial charge in [-0.05, 0) is 6.42 Å². The minimum absolute atomic E-state index is 0.201. The Kier molecular flexibility index (Phi) is 3.19. The summed E-state index contributed by atoms with van der Waals surface area (Å²) in [6, 6.07) is -1.07. The molecule has 2 amide bonds. The second-order valence-electron chi connectivity index (χ2n) is 2.91. The molecule has 1 unspecified atom stereocenters. The first-order valence-electron chi connectivity index (χ1n) is 4.23. The van der Waals surface area contributed by atoms with Crippen molar-refractivity contribution in [2.75, 3.05) is 13.2 Å². The van der Waals surface area contributed by atoms with Gasteiger partial charge in [0, 0.05) is 0 Å². The van der Waals surface area contributed by atoms with Gasteiger partial charge in [-0.1, -0.05) is 6.92 Å². The summed E-state index contributed by atoms with van der Waals surface area (Å²) in [6.45, 7) is 1.15. The van der Waals surface area contributed by atoms with Gasteiger partial charge in [-0.25, -0.2) is 4.79 Å². The van der Waals surface area contributed by atoms with Crippen molar-refractivity contribution in [1.29, 1.82) is 0 Å². The van der Waals surface area contributed by atoms with E-state index < -0.39 is 23.8 Å². The molecule has 1 rings (SSSR count). The first-order valence-corrected chi connectivity index (χ1v) is 4.23. The highest BCUT2D eigenvalue weighted by atomic mass is 16.5. The molecule has 6 heteroatoms. The second-order valence-corrected chi connectivity index (χ2v) is 2.91. The first-order chi connectivity index (χ1) is 6.57. The third kappa shape index (κ3) is 1.90. The molecule has 0 radical (unpaired) electrons. The van der Waals surface area contributed by atoms with E-state index in [2.05, 4.69) is 4.74 Å². The lowest BCUT2D eigenvalue weighted by atomic mass is 10.2. The third-order valence-electron chi connectivity index (χ3n) is 1.97. The maximum Gasteiger partial charge on any atom is 0.326 e. The van der Waals surface area contributed by atoms with Crippen LogP contribution in [0.2, 0.25) is 0 Å². The van der Waals surface area contributed by atoms with Gasteiger partial charge in [0.2, 0.25) is 0 Å². The highest BCUT2D eigenvalue weighted by Crippen LogP contribution is 2.10. The first kappa shape index (κ1) is 10.6. The molecule has 6 nitrogen and oxygen atoms in total. The molecule has 0 saturated carbocycles. The van der Waals surface area contributed by atoms with E-state index in [1.807, 2.05) is 0 Å². The number of rotatable bonds is 3. The van der Waals surface area contributed by atoms with Crippen molar-refractivity contribution in [3.63, 3.8) is 0 Å². The predicted molar refractivity (Wildman–Crippen MR) is 44.4 cm³/mol. The van der Waals surface area contributed by atoms with Gasteiger partial charge >= 0.3 is 5.97 Å². The summed E-state index contributed by atoms with van der Waals surface area (Å²) in [4.78, 5) is 34.0. The Balaban J connectivity index is 2.85. The van der Waals surface area contributed by atoms with E-state index in [4.69, 9.17) is 5.11 Å². The number of morpholine rings is 1. The van der Waals surface area contributed by atoms with E-state index in [-0.39, 0.29) is 19.6 Å². The number of ether oxygens (including phenoxy) is 1. The minimum atomic E-state index is -1.17. The summed E-state index contributed by atoms with van der Waals surface area (Å²) in [6.07, 6.45) is 0.201. The van der Waals surface area contributed by atoms with Crippen LogP contribution >= 0.6 is 0 Å². The average molecular weight is 201 g/mol. The van der Waals surface area contributed by atoms with Gasteiger partial charge < -0.3 is 9.84 Å². The molecular formula is C8H11NO5. The standard InChI is InChI=1S/C8H11NO5/c1-2-5(8(12)13)9-6(10)3-14-4-7(9)11/h5H,2-4H2,1H3,(H,12,13). The Bertz CT molecular complexity index is 259. The Hall–Kier alpha value is -1.43. The molecule has 0 aromatic carbocycles. The van der Waals surface area contributed by atoms with Crippen molar-refractivity contribution < 1.29 is 24.2 Å². The van der Waals surface area contributed by atoms with Gasteiger partial charge in [0.05, 0.1) is 0 Å². The lowest BCUT2D eigenvalue weighted by molar-refractivity contribution is -0.168. The van der Waals surface area contributed by atoms with Crippen LogP contribution in [0.15, 0.2) is 0 Å².